The van der Waals surface area contributed by atoms with E-state index in [0.717, 1.165) is 137 Å². The maximum absolute atomic E-state index is 13.1. The first-order valence-electron chi connectivity index (χ1n) is 24.0. The Balaban J connectivity index is 0.834. The molecular weight excluding hydrogens is 906 g/mol. The topological polar surface area (TPSA) is 164 Å². The number of hydrogen-bond donors (Lipinski definition) is 7. The Hall–Kier alpha value is -6.19. The van der Waals surface area contributed by atoms with E-state index in [-0.39, 0.29) is 12.5 Å². The van der Waals surface area contributed by atoms with Crippen LogP contribution >= 0.6 is 23.2 Å². The summed E-state index contributed by atoms with van der Waals surface area (Å²) in [6.45, 7) is 9.16. The highest BCUT2D eigenvalue weighted by atomic mass is 35.5. The Kier molecular flexibility index (Phi) is 14.0. The lowest BCUT2D eigenvalue weighted by atomic mass is 9.88. The second-order valence-electron chi connectivity index (χ2n) is 18.6. The number of piperidine rings is 1. The van der Waals surface area contributed by atoms with Crippen molar-refractivity contribution in [2.75, 3.05) is 63.0 Å². The Morgan fingerprint density at radius 1 is 0.812 bits per heavy atom. The Bertz CT molecular complexity index is 3090. The largest absolute Gasteiger partial charge is 0.381 e. The first kappa shape index (κ1) is 46.5. The Morgan fingerprint density at radius 3 is 2.36 bits per heavy atom. The molecule has 0 radical (unpaired) electrons. The van der Waals surface area contributed by atoms with Gasteiger partial charge in [0.25, 0.3) is 0 Å². The van der Waals surface area contributed by atoms with E-state index in [0.29, 0.717) is 32.4 Å². The minimum Gasteiger partial charge on any atom is -0.381 e. The van der Waals surface area contributed by atoms with Crippen LogP contribution in [-0.4, -0.2) is 99.4 Å². The number of aryl methyl sites for hydroxylation is 1. The lowest BCUT2D eigenvalue weighted by molar-refractivity contribution is -0.127. The van der Waals surface area contributed by atoms with E-state index in [4.69, 9.17) is 33.9 Å². The van der Waals surface area contributed by atoms with Gasteiger partial charge in [0, 0.05) is 132 Å². The highest BCUT2D eigenvalue weighted by molar-refractivity contribution is 6.36. The van der Waals surface area contributed by atoms with Crippen molar-refractivity contribution in [1.82, 2.24) is 40.0 Å². The third-order valence-corrected chi connectivity index (χ3v) is 14.6. The van der Waals surface area contributed by atoms with E-state index in [1.54, 1.807) is 0 Å². The number of rotatable bonds is 18. The number of carbonyl (C=O) groups is 2. The minimum absolute atomic E-state index is 0.0536. The van der Waals surface area contributed by atoms with Crippen molar-refractivity contribution in [2.45, 2.75) is 57.4 Å². The second kappa shape index (κ2) is 20.8. The summed E-state index contributed by atoms with van der Waals surface area (Å²) >= 11 is 13.0. The summed E-state index contributed by atoms with van der Waals surface area (Å²) in [6.07, 6.45) is 7.88. The number of aromatic amines is 2. The van der Waals surface area contributed by atoms with E-state index < -0.39 is 5.54 Å². The molecule has 5 aromatic carbocycles. The Labute approximate surface area is 412 Å². The van der Waals surface area contributed by atoms with Gasteiger partial charge in [0.1, 0.15) is 12.1 Å². The fraction of sp³-hybridized carbons (Fsp3) is 0.315. The van der Waals surface area contributed by atoms with Crippen LogP contribution in [0.1, 0.15) is 47.3 Å². The van der Waals surface area contributed by atoms with E-state index in [2.05, 4.69) is 119 Å². The minimum atomic E-state index is -0.803. The molecule has 0 spiro atoms. The van der Waals surface area contributed by atoms with Crippen molar-refractivity contribution in [3.8, 4) is 11.1 Å². The van der Waals surface area contributed by atoms with Crippen molar-refractivity contribution in [3.05, 3.63) is 148 Å². The molecule has 0 unspecified atom stereocenters. The van der Waals surface area contributed by atoms with Crippen LogP contribution in [0.2, 0.25) is 10.0 Å². The van der Waals surface area contributed by atoms with Gasteiger partial charge in [0.2, 0.25) is 5.91 Å². The number of H-pyrrole nitrogens is 2. The number of nitrogens with two attached hydrogens (primary N) is 1. The zero-order valence-electron chi connectivity index (χ0n) is 38.7. The van der Waals surface area contributed by atoms with Crippen LogP contribution in [-0.2, 0) is 42.2 Å². The van der Waals surface area contributed by atoms with Gasteiger partial charge in [0.05, 0.1) is 23.1 Å². The molecule has 10 rings (SSSR count). The van der Waals surface area contributed by atoms with E-state index in [1.807, 2.05) is 36.5 Å². The molecule has 0 bridgehead atoms. The summed E-state index contributed by atoms with van der Waals surface area (Å²) in [5.41, 5.74) is 18.6. The molecule has 69 heavy (non-hydrogen) atoms. The van der Waals surface area contributed by atoms with Crippen molar-refractivity contribution >= 4 is 79.6 Å². The third kappa shape index (κ3) is 10.7. The lowest BCUT2D eigenvalue weighted by Crippen LogP contribution is -2.59. The zero-order chi connectivity index (χ0) is 47.3. The van der Waals surface area contributed by atoms with Gasteiger partial charge in [-0.1, -0.05) is 53.5 Å². The van der Waals surface area contributed by atoms with Gasteiger partial charge >= 0.3 is 0 Å². The van der Waals surface area contributed by atoms with Gasteiger partial charge in [-0.15, -0.1) is 0 Å². The Morgan fingerprint density at radius 2 is 1.57 bits per heavy atom. The number of amides is 1. The van der Waals surface area contributed by atoms with Gasteiger partial charge in [-0.2, -0.15) is 0 Å². The van der Waals surface area contributed by atoms with E-state index in [1.165, 1.54) is 27.6 Å². The normalized spacial score (nSPS) is 15.5. The summed E-state index contributed by atoms with van der Waals surface area (Å²) in [7, 11) is 0. The quantitative estimate of drug-likeness (QED) is 0.0329. The molecule has 0 saturated carbocycles. The number of halogens is 2. The number of aldehydes is 1. The van der Waals surface area contributed by atoms with Gasteiger partial charge in [-0.25, -0.2) is 4.98 Å². The maximum atomic E-state index is 13.1. The zero-order valence-corrected chi connectivity index (χ0v) is 40.2. The number of fused-ring (bicyclic) bond motifs is 3. The molecule has 8 N–H and O–H groups in total. The van der Waals surface area contributed by atoms with Gasteiger partial charge in [-0.05, 0) is 121 Å². The smallest absolute Gasteiger partial charge is 0.240 e. The highest BCUT2D eigenvalue weighted by Gasteiger charge is 2.35. The van der Waals surface area contributed by atoms with Crippen LogP contribution in [0.25, 0.3) is 44.0 Å². The van der Waals surface area contributed by atoms with Crippen LogP contribution in [0, 0.1) is 0 Å². The summed E-state index contributed by atoms with van der Waals surface area (Å²) in [4.78, 5) is 40.8. The third-order valence-electron chi connectivity index (χ3n) is 13.9. The number of carbonyl (C=O) groups excluding carboxylic acids is 2. The number of nitrogens with zero attached hydrogens (tertiary/aromatic N) is 4. The molecule has 2 saturated heterocycles. The first-order valence-corrected chi connectivity index (χ1v) is 24.8. The number of anilines is 2. The van der Waals surface area contributed by atoms with Crippen LogP contribution in [0.3, 0.4) is 0 Å². The molecule has 2 fully saturated rings. The van der Waals surface area contributed by atoms with Crippen molar-refractivity contribution < 1.29 is 9.59 Å². The fourth-order valence-electron chi connectivity index (χ4n) is 9.94. The highest BCUT2D eigenvalue weighted by Crippen LogP contribution is 2.34. The monoisotopic (exact) mass is 963 g/mol. The van der Waals surface area contributed by atoms with Gasteiger partial charge in [0.15, 0.2) is 0 Å². The first-order chi connectivity index (χ1) is 33.7. The predicted molar refractivity (Wildman–Crippen MR) is 280 cm³/mol. The number of imidazole rings is 1. The molecule has 1 amide bonds. The van der Waals surface area contributed by atoms with Crippen molar-refractivity contribution in [3.63, 3.8) is 0 Å². The molecular formula is C54H59Cl2N11O2. The SMILES string of the molecule is NC1(C(=O)NCCCn2cc(-c3cccc(CNc4ccc5[nH]c(Cc6c[nH]c7ccc(NCC=O)cc67)nc5c4)c3)c3cc(CN4CCN(Cc5c(Cl)cccc5Cl)CC4)ccc32)CCNCC1. The number of aromatic nitrogens is 4. The number of hydrogen-bond acceptors (Lipinski definition) is 9. The lowest BCUT2D eigenvalue weighted by Gasteiger charge is -2.35. The average Bonchev–Trinajstić information content (AvgIpc) is 4.08. The number of piperazine rings is 1. The van der Waals surface area contributed by atoms with Crippen LogP contribution in [0.15, 0.2) is 109 Å². The molecule has 3 aromatic heterocycles. The summed E-state index contributed by atoms with van der Waals surface area (Å²) in [5, 5.41) is 17.0. The summed E-state index contributed by atoms with van der Waals surface area (Å²) in [5.74, 6) is 0.829. The van der Waals surface area contributed by atoms with Crippen LogP contribution in [0.4, 0.5) is 11.4 Å². The van der Waals surface area contributed by atoms with E-state index in [9.17, 15) is 9.59 Å². The fourth-order valence-corrected chi connectivity index (χ4v) is 10.5. The molecule has 2 aliphatic rings. The average molecular weight is 965 g/mol. The number of nitrogens with one attached hydrogen (secondary N) is 6. The molecule has 13 nitrogen and oxygen atoms in total. The second-order valence-corrected chi connectivity index (χ2v) is 19.4. The summed E-state index contributed by atoms with van der Waals surface area (Å²) < 4.78 is 2.34. The number of benzene rings is 5. The van der Waals surface area contributed by atoms with Gasteiger partial charge in [-0.3, -0.25) is 14.6 Å². The molecule has 8 aromatic rings. The molecule has 2 aliphatic heterocycles. The summed E-state index contributed by atoms with van der Waals surface area (Å²) in [6, 6.07) is 33.8. The maximum Gasteiger partial charge on any atom is 0.240 e. The molecule has 15 heteroatoms. The van der Waals surface area contributed by atoms with Crippen LogP contribution < -0.4 is 27.0 Å². The molecule has 0 atom stereocenters. The molecule has 5 heterocycles. The molecule has 0 aliphatic carbocycles. The predicted octanol–water partition coefficient (Wildman–Crippen LogP) is 8.69. The van der Waals surface area contributed by atoms with Gasteiger partial charge < -0.3 is 46.3 Å². The van der Waals surface area contributed by atoms with Crippen molar-refractivity contribution in [2.24, 2.45) is 5.73 Å². The van der Waals surface area contributed by atoms with Crippen LogP contribution in [0.5, 0.6) is 0 Å². The van der Waals surface area contributed by atoms with Crippen molar-refractivity contribution in [1.29, 1.82) is 0 Å². The van der Waals surface area contributed by atoms with E-state index >= 15 is 0 Å². The molecule has 356 valence electrons. The standard InChI is InChI=1S/C54H59Cl2N11O2/c55-46-6-2-7-47(56)45(46)34-66-23-21-65(22-24-66)33-37-8-13-51-43(27-37)44(35-67(51)20-3-16-60-53(69)54(57)14-17-58-18-15-54)38-5-1-4-36(26-38)31-61-41-10-12-49-50(30-41)64-52(63-49)28-39-32-62-48-11-9-40(29-42(39)48)59-19-25-68/h1-2,4-13,25-27,29-30,32,35,58-59,61-62H,3,14-24,28,31,33-34,57H2,(H,60,69)(H,63,64).